The number of nitrogens with zero attached hydrogens (tertiary/aromatic N) is 3. The van der Waals surface area contributed by atoms with Gasteiger partial charge in [0.2, 0.25) is 0 Å². The summed E-state index contributed by atoms with van der Waals surface area (Å²) in [6, 6.07) is 10.2. The third-order valence-corrected chi connectivity index (χ3v) is 3.38. The molecule has 5 heteroatoms. The Bertz CT molecular complexity index is 615. The molecule has 2 aromatic rings. The van der Waals surface area contributed by atoms with Crippen molar-refractivity contribution in [2.24, 2.45) is 0 Å². The first kappa shape index (κ1) is 12.9. The molecule has 0 saturated carbocycles. The van der Waals surface area contributed by atoms with Crippen molar-refractivity contribution in [3.63, 3.8) is 0 Å². The van der Waals surface area contributed by atoms with Gasteiger partial charge >= 0.3 is 0 Å². The van der Waals surface area contributed by atoms with Crippen molar-refractivity contribution < 1.29 is 4.74 Å². The average Bonchev–Trinajstić information content (AvgIpc) is 2.88. The van der Waals surface area contributed by atoms with Crippen molar-refractivity contribution in [2.45, 2.75) is 20.0 Å². The molecule has 0 fully saturated rings. The number of ether oxygens (including phenoxy) is 1. The SMILES string of the molecule is CCOCc1nc(N)cc(N2CCc3ccccc32)n1. The molecule has 0 spiro atoms. The molecule has 0 saturated heterocycles. The summed E-state index contributed by atoms with van der Waals surface area (Å²) in [5, 5.41) is 0. The zero-order valence-corrected chi connectivity index (χ0v) is 11.5. The van der Waals surface area contributed by atoms with Crippen LogP contribution in [0.15, 0.2) is 30.3 Å². The minimum absolute atomic E-state index is 0.393. The van der Waals surface area contributed by atoms with Gasteiger partial charge in [0.05, 0.1) is 0 Å². The first-order valence-corrected chi connectivity index (χ1v) is 6.84. The number of benzene rings is 1. The number of hydrogen-bond donors (Lipinski definition) is 1. The third kappa shape index (κ3) is 2.44. The Kier molecular flexibility index (Phi) is 3.52. The second-order valence-corrected chi connectivity index (χ2v) is 4.73. The van der Waals surface area contributed by atoms with Crippen molar-refractivity contribution in [3.8, 4) is 0 Å². The van der Waals surface area contributed by atoms with E-state index < -0.39 is 0 Å². The molecule has 1 aromatic heterocycles. The number of fused-ring (bicyclic) bond motifs is 1. The Labute approximate surface area is 118 Å². The maximum atomic E-state index is 5.89. The number of hydrogen-bond acceptors (Lipinski definition) is 5. The Hall–Kier alpha value is -2.14. The van der Waals surface area contributed by atoms with Crippen LogP contribution in [0.2, 0.25) is 0 Å². The quantitative estimate of drug-likeness (QED) is 0.923. The van der Waals surface area contributed by atoms with E-state index in [0.29, 0.717) is 24.9 Å². The summed E-state index contributed by atoms with van der Waals surface area (Å²) in [5.74, 6) is 1.96. The largest absolute Gasteiger partial charge is 0.384 e. The van der Waals surface area contributed by atoms with Crippen molar-refractivity contribution in [3.05, 3.63) is 41.7 Å². The molecule has 0 bridgehead atoms. The zero-order valence-electron chi connectivity index (χ0n) is 11.5. The summed E-state index contributed by atoms with van der Waals surface area (Å²) in [4.78, 5) is 11.0. The lowest BCUT2D eigenvalue weighted by atomic mass is 10.2. The second kappa shape index (κ2) is 5.46. The fourth-order valence-electron chi connectivity index (χ4n) is 2.48. The van der Waals surface area contributed by atoms with Gasteiger partial charge in [0, 0.05) is 24.9 Å². The lowest BCUT2D eigenvalue weighted by Gasteiger charge is -2.19. The van der Waals surface area contributed by atoms with Crippen molar-refractivity contribution in [2.75, 3.05) is 23.8 Å². The van der Waals surface area contributed by atoms with Crippen molar-refractivity contribution in [1.29, 1.82) is 0 Å². The number of aromatic nitrogens is 2. The predicted molar refractivity (Wildman–Crippen MR) is 78.9 cm³/mol. The topological polar surface area (TPSA) is 64.3 Å². The Morgan fingerprint density at radius 2 is 2.15 bits per heavy atom. The maximum absolute atomic E-state index is 5.89. The minimum atomic E-state index is 0.393. The summed E-state index contributed by atoms with van der Waals surface area (Å²) < 4.78 is 5.36. The van der Waals surface area contributed by atoms with E-state index in [1.807, 2.05) is 19.1 Å². The molecule has 1 aromatic carbocycles. The number of anilines is 3. The highest BCUT2D eigenvalue weighted by Crippen LogP contribution is 2.33. The van der Waals surface area contributed by atoms with Gasteiger partial charge in [-0.15, -0.1) is 0 Å². The second-order valence-electron chi connectivity index (χ2n) is 4.73. The van der Waals surface area contributed by atoms with Gasteiger partial charge in [-0.3, -0.25) is 0 Å². The number of rotatable bonds is 4. The molecule has 0 amide bonds. The minimum Gasteiger partial charge on any atom is -0.384 e. The van der Waals surface area contributed by atoms with Crippen LogP contribution in [-0.4, -0.2) is 23.1 Å². The van der Waals surface area contributed by atoms with Gasteiger partial charge in [0.1, 0.15) is 18.2 Å². The van der Waals surface area contributed by atoms with Gasteiger partial charge in [0.25, 0.3) is 0 Å². The number of nitrogens with two attached hydrogens (primary N) is 1. The monoisotopic (exact) mass is 270 g/mol. The van der Waals surface area contributed by atoms with Gasteiger partial charge in [-0.05, 0) is 25.0 Å². The molecule has 0 atom stereocenters. The van der Waals surface area contributed by atoms with Crippen LogP contribution >= 0.6 is 0 Å². The highest BCUT2D eigenvalue weighted by Gasteiger charge is 2.21. The summed E-state index contributed by atoms with van der Waals surface area (Å²) in [7, 11) is 0. The van der Waals surface area contributed by atoms with E-state index in [0.717, 1.165) is 18.8 Å². The number of nitrogen functional groups attached to an aromatic ring is 1. The average molecular weight is 270 g/mol. The van der Waals surface area contributed by atoms with Gasteiger partial charge in [-0.2, -0.15) is 0 Å². The Morgan fingerprint density at radius 1 is 1.30 bits per heavy atom. The van der Waals surface area contributed by atoms with Crippen LogP contribution in [0, 0.1) is 0 Å². The fourth-order valence-corrected chi connectivity index (χ4v) is 2.48. The molecule has 1 aliphatic rings. The molecule has 5 nitrogen and oxygen atoms in total. The van der Waals surface area contributed by atoms with E-state index in [4.69, 9.17) is 10.5 Å². The molecule has 2 heterocycles. The molecule has 0 aliphatic carbocycles. The van der Waals surface area contributed by atoms with Crippen molar-refractivity contribution in [1.82, 2.24) is 9.97 Å². The molecular formula is C15H18N4O. The van der Waals surface area contributed by atoms with Crippen LogP contribution in [0.5, 0.6) is 0 Å². The van der Waals surface area contributed by atoms with Crippen LogP contribution in [-0.2, 0) is 17.8 Å². The van der Waals surface area contributed by atoms with Gasteiger partial charge in [-0.25, -0.2) is 9.97 Å². The number of para-hydroxylation sites is 1. The lowest BCUT2D eigenvalue weighted by Crippen LogP contribution is -2.17. The van der Waals surface area contributed by atoms with Crippen LogP contribution < -0.4 is 10.6 Å². The zero-order chi connectivity index (χ0) is 13.9. The van der Waals surface area contributed by atoms with Crippen LogP contribution in [0.25, 0.3) is 0 Å². The van der Waals surface area contributed by atoms with Crippen LogP contribution in [0.3, 0.4) is 0 Å². The van der Waals surface area contributed by atoms with E-state index in [2.05, 4.69) is 33.1 Å². The predicted octanol–water partition coefficient (Wildman–Crippen LogP) is 2.29. The third-order valence-electron chi connectivity index (χ3n) is 3.38. The molecule has 20 heavy (non-hydrogen) atoms. The summed E-state index contributed by atoms with van der Waals surface area (Å²) in [5.41, 5.74) is 8.43. The lowest BCUT2D eigenvalue weighted by molar-refractivity contribution is 0.128. The van der Waals surface area contributed by atoms with Gasteiger partial charge < -0.3 is 15.4 Å². The first-order chi connectivity index (χ1) is 9.78. The van der Waals surface area contributed by atoms with E-state index in [9.17, 15) is 0 Å². The molecular weight excluding hydrogens is 252 g/mol. The van der Waals surface area contributed by atoms with Gasteiger partial charge in [0.15, 0.2) is 5.82 Å². The molecule has 0 unspecified atom stereocenters. The summed E-state index contributed by atoms with van der Waals surface area (Å²) >= 11 is 0. The molecule has 3 rings (SSSR count). The molecule has 2 N–H and O–H groups in total. The summed E-state index contributed by atoms with van der Waals surface area (Å²) in [6.45, 7) is 3.90. The summed E-state index contributed by atoms with van der Waals surface area (Å²) in [6.07, 6.45) is 1.03. The van der Waals surface area contributed by atoms with Crippen LogP contribution in [0.4, 0.5) is 17.3 Å². The normalized spacial score (nSPS) is 13.6. The van der Waals surface area contributed by atoms with E-state index in [1.54, 1.807) is 0 Å². The Morgan fingerprint density at radius 3 is 3.00 bits per heavy atom. The maximum Gasteiger partial charge on any atom is 0.158 e. The first-order valence-electron chi connectivity index (χ1n) is 6.84. The molecule has 104 valence electrons. The highest BCUT2D eigenvalue weighted by atomic mass is 16.5. The fraction of sp³-hybridized carbons (Fsp3) is 0.333. The van der Waals surface area contributed by atoms with E-state index in [1.165, 1.54) is 11.3 Å². The standard InChI is InChI=1S/C15H18N4O/c1-2-20-10-14-17-13(16)9-15(18-14)19-8-7-11-5-3-4-6-12(11)19/h3-6,9H,2,7-8,10H2,1H3,(H2,16,17,18). The van der Waals surface area contributed by atoms with Crippen LogP contribution in [0.1, 0.15) is 18.3 Å². The van der Waals surface area contributed by atoms with Gasteiger partial charge in [-0.1, -0.05) is 18.2 Å². The Balaban J connectivity index is 1.93. The smallest absolute Gasteiger partial charge is 0.158 e. The molecule has 1 aliphatic heterocycles. The van der Waals surface area contributed by atoms with Crippen molar-refractivity contribution >= 4 is 17.3 Å². The van der Waals surface area contributed by atoms with E-state index in [-0.39, 0.29) is 0 Å². The highest BCUT2D eigenvalue weighted by molar-refractivity contribution is 5.68. The molecule has 0 radical (unpaired) electrons. The van der Waals surface area contributed by atoms with E-state index >= 15 is 0 Å².